The molecule has 4 nitrogen and oxygen atoms in total. The SMILES string of the molecule is CC(=O)CCc1c(C)oc2cc(O)ccc2c1=O. The summed E-state index contributed by atoms with van der Waals surface area (Å²) in [4.78, 5) is 23.2. The Hall–Kier alpha value is -2.10. The molecule has 1 N–H and O–H groups in total. The van der Waals surface area contributed by atoms with E-state index < -0.39 is 0 Å². The summed E-state index contributed by atoms with van der Waals surface area (Å²) in [5.74, 6) is 0.598. The number of phenolic OH excluding ortho intramolecular Hbond substituents is 1. The van der Waals surface area contributed by atoms with Gasteiger partial charge in [-0.25, -0.2) is 0 Å². The van der Waals surface area contributed by atoms with Crippen LogP contribution in [0.5, 0.6) is 5.75 Å². The molecule has 0 aliphatic carbocycles. The van der Waals surface area contributed by atoms with Crippen molar-refractivity contribution in [1.29, 1.82) is 0 Å². The molecule has 0 atom stereocenters. The highest BCUT2D eigenvalue weighted by molar-refractivity contribution is 5.79. The maximum Gasteiger partial charge on any atom is 0.196 e. The van der Waals surface area contributed by atoms with Gasteiger partial charge >= 0.3 is 0 Å². The van der Waals surface area contributed by atoms with Crippen molar-refractivity contribution in [2.45, 2.75) is 26.7 Å². The fourth-order valence-corrected chi connectivity index (χ4v) is 1.92. The third-order valence-electron chi connectivity index (χ3n) is 2.90. The average Bonchev–Trinajstić information content (AvgIpc) is 2.27. The number of hydrogen-bond donors (Lipinski definition) is 1. The van der Waals surface area contributed by atoms with Crippen LogP contribution in [0.3, 0.4) is 0 Å². The second kappa shape index (κ2) is 4.64. The first-order valence-electron chi connectivity index (χ1n) is 5.74. The van der Waals surface area contributed by atoms with E-state index in [1.165, 1.54) is 25.1 Å². The normalized spacial score (nSPS) is 10.8. The van der Waals surface area contributed by atoms with Gasteiger partial charge in [0.1, 0.15) is 22.9 Å². The van der Waals surface area contributed by atoms with Gasteiger partial charge in [-0.1, -0.05) is 0 Å². The van der Waals surface area contributed by atoms with Crippen molar-refractivity contribution in [3.63, 3.8) is 0 Å². The first-order valence-corrected chi connectivity index (χ1v) is 5.74. The molecule has 0 unspecified atom stereocenters. The molecule has 0 spiro atoms. The number of benzene rings is 1. The first-order chi connectivity index (χ1) is 8.49. The van der Waals surface area contributed by atoms with Crippen molar-refractivity contribution in [3.8, 4) is 5.75 Å². The topological polar surface area (TPSA) is 67.5 Å². The molecule has 94 valence electrons. The smallest absolute Gasteiger partial charge is 0.196 e. The van der Waals surface area contributed by atoms with E-state index in [0.717, 1.165) is 0 Å². The number of aromatic hydroxyl groups is 1. The number of aryl methyl sites for hydroxylation is 1. The lowest BCUT2D eigenvalue weighted by Gasteiger charge is -2.06. The summed E-state index contributed by atoms with van der Waals surface area (Å²) in [5.41, 5.74) is 0.766. The monoisotopic (exact) mass is 246 g/mol. The maximum atomic E-state index is 12.2. The maximum absolute atomic E-state index is 12.2. The molecule has 2 aromatic rings. The van der Waals surface area contributed by atoms with E-state index in [4.69, 9.17) is 4.42 Å². The third-order valence-corrected chi connectivity index (χ3v) is 2.90. The molecular formula is C14H14O4. The molecule has 0 amide bonds. The molecule has 0 fully saturated rings. The predicted molar refractivity (Wildman–Crippen MR) is 67.9 cm³/mol. The summed E-state index contributed by atoms with van der Waals surface area (Å²) in [6, 6.07) is 4.40. The van der Waals surface area contributed by atoms with E-state index in [9.17, 15) is 14.7 Å². The van der Waals surface area contributed by atoms with Gasteiger partial charge in [0.2, 0.25) is 0 Å². The minimum atomic E-state index is -0.130. The Morgan fingerprint density at radius 3 is 2.78 bits per heavy atom. The van der Waals surface area contributed by atoms with Gasteiger partial charge in [0, 0.05) is 18.1 Å². The molecule has 0 bridgehead atoms. The highest BCUT2D eigenvalue weighted by Gasteiger charge is 2.12. The summed E-state index contributed by atoms with van der Waals surface area (Å²) < 4.78 is 5.52. The molecule has 4 heteroatoms. The second-order valence-corrected chi connectivity index (χ2v) is 4.35. The van der Waals surface area contributed by atoms with Crippen LogP contribution in [-0.4, -0.2) is 10.9 Å². The molecule has 0 aliphatic heterocycles. The van der Waals surface area contributed by atoms with Crippen LogP contribution in [0.2, 0.25) is 0 Å². The minimum absolute atomic E-state index is 0.0413. The van der Waals surface area contributed by atoms with Crippen molar-refractivity contribution < 1.29 is 14.3 Å². The molecule has 1 aromatic carbocycles. The summed E-state index contributed by atoms with van der Waals surface area (Å²) in [7, 11) is 0. The zero-order valence-electron chi connectivity index (χ0n) is 10.3. The Morgan fingerprint density at radius 2 is 2.11 bits per heavy atom. The van der Waals surface area contributed by atoms with Gasteiger partial charge in [0.25, 0.3) is 0 Å². The molecular weight excluding hydrogens is 232 g/mol. The summed E-state index contributed by atoms with van der Waals surface area (Å²) in [6.45, 7) is 3.19. The fraction of sp³-hybridized carbons (Fsp3) is 0.286. The van der Waals surface area contributed by atoms with Crippen molar-refractivity contribution in [3.05, 3.63) is 39.7 Å². The molecule has 1 heterocycles. The van der Waals surface area contributed by atoms with Crippen molar-refractivity contribution in [2.75, 3.05) is 0 Å². The third kappa shape index (κ3) is 2.27. The van der Waals surface area contributed by atoms with E-state index in [1.807, 2.05) is 0 Å². The Balaban J connectivity index is 2.58. The molecule has 0 radical (unpaired) electrons. The van der Waals surface area contributed by atoms with Crippen LogP contribution < -0.4 is 5.43 Å². The summed E-state index contributed by atoms with van der Waals surface area (Å²) >= 11 is 0. The molecule has 0 aliphatic rings. The number of carbonyl (C=O) groups is 1. The first kappa shape index (κ1) is 12.4. The number of fused-ring (bicyclic) bond motifs is 1. The van der Waals surface area contributed by atoms with Crippen LogP contribution in [-0.2, 0) is 11.2 Å². The Kier molecular flexibility index (Phi) is 3.19. The average molecular weight is 246 g/mol. The molecule has 18 heavy (non-hydrogen) atoms. The van der Waals surface area contributed by atoms with Gasteiger partial charge in [-0.05, 0) is 32.4 Å². The minimum Gasteiger partial charge on any atom is -0.508 e. The number of ketones is 1. The Morgan fingerprint density at radius 1 is 1.39 bits per heavy atom. The van der Waals surface area contributed by atoms with Crippen LogP contribution >= 0.6 is 0 Å². The lowest BCUT2D eigenvalue weighted by atomic mass is 10.0. The van der Waals surface area contributed by atoms with Crippen molar-refractivity contribution in [2.24, 2.45) is 0 Å². The molecule has 0 saturated carbocycles. The second-order valence-electron chi connectivity index (χ2n) is 4.35. The van der Waals surface area contributed by atoms with E-state index in [-0.39, 0.29) is 17.0 Å². The molecule has 2 rings (SSSR count). The number of hydrogen-bond acceptors (Lipinski definition) is 4. The standard InChI is InChI=1S/C14H14O4/c1-8(15)3-5-11-9(2)18-13-7-10(16)4-6-12(13)14(11)17/h4,6-7,16H,3,5H2,1-2H3. The zero-order chi connectivity index (χ0) is 13.3. The lowest BCUT2D eigenvalue weighted by molar-refractivity contribution is -0.116. The van der Waals surface area contributed by atoms with Gasteiger partial charge in [-0.2, -0.15) is 0 Å². The Bertz CT molecular complexity index is 667. The number of carbonyl (C=O) groups excluding carboxylic acids is 1. The largest absolute Gasteiger partial charge is 0.508 e. The number of Topliss-reactive ketones (excluding diaryl/α,β-unsaturated/α-hetero) is 1. The van der Waals surface area contributed by atoms with Gasteiger partial charge in [0.05, 0.1) is 5.39 Å². The molecule has 0 saturated heterocycles. The number of rotatable bonds is 3. The van der Waals surface area contributed by atoms with Crippen LogP contribution in [0.1, 0.15) is 24.7 Å². The van der Waals surface area contributed by atoms with Gasteiger partial charge in [-0.15, -0.1) is 0 Å². The highest BCUT2D eigenvalue weighted by atomic mass is 16.3. The lowest BCUT2D eigenvalue weighted by Crippen LogP contribution is -2.12. The Labute approximate surface area is 104 Å². The van der Waals surface area contributed by atoms with E-state index in [1.54, 1.807) is 6.92 Å². The van der Waals surface area contributed by atoms with E-state index in [2.05, 4.69) is 0 Å². The summed E-state index contributed by atoms with van der Waals surface area (Å²) in [5, 5.41) is 9.78. The van der Waals surface area contributed by atoms with Gasteiger partial charge in [0.15, 0.2) is 5.43 Å². The zero-order valence-corrected chi connectivity index (χ0v) is 10.3. The van der Waals surface area contributed by atoms with Crippen LogP contribution in [0.4, 0.5) is 0 Å². The van der Waals surface area contributed by atoms with Gasteiger partial charge in [-0.3, -0.25) is 4.79 Å². The quantitative estimate of drug-likeness (QED) is 0.902. The van der Waals surface area contributed by atoms with Crippen molar-refractivity contribution >= 4 is 16.8 Å². The van der Waals surface area contributed by atoms with E-state index in [0.29, 0.717) is 35.1 Å². The van der Waals surface area contributed by atoms with Crippen LogP contribution in [0, 0.1) is 6.92 Å². The van der Waals surface area contributed by atoms with Crippen LogP contribution in [0.15, 0.2) is 27.4 Å². The fourth-order valence-electron chi connectivity index (χ4n) is 1.92. The van der Waals surface area contributed by atoms with Crippen molar-refractivity contribution in [1.82, 2.24) is 0 Å². The predicted octanol–water partition coefficient (Wildman–Crippen LogP) is 2.33. The van der Waals surface area contributed by atoms with Crippen LogP contribution in [0.25, 0.3) is 11.0 Å². The highest BCUT2D eigenvalue weighted by Crippen LogP contribution is 2.20. The van der Waals surface area contributed by atoms with Gasteiger partial charge < -0.3 is 14.3 Å². The van der Waals surface area contributed by atoms with E-state index >= 15 is 0 Å². The molecule has 1 aromatic heterocycles. The summed E-state index contributed by atoms with van der Waals surface area (Å²) in [6.07, 6.45) is 0.718. The number of phenols is 1.